The number of nitrogens with one attached hydrogen (secondary N) is 3. The van der Waals surface area contributed by atoms with E-state index in [1.165, 1.54) is 26.1 Å². The van der Waals surface area contributed by atoms with Gasteiger partial charge in [0.05, 0.1) is 29.1 Å². The van der Waals surface area contributed by atoms with Gasteiger partial charge in [0.15, 0.2) is 0 Å². The van der Waals surface area contributed by atoms with E-state index in [-0.39, 0.29) is 34.9 Å². The van der Waals surface area contributed by atoms with E-state index < -0.39 is 17.7 Å². The van der Waals surface area contributed by atoms with Crippen LogP contribution in [0.3, 0.4) is 0 Å². The Balaban J connectivity index is 2.04. The summed E-state index contributed by atoms with van der Waals surface area (Å²) in [5.74, 6) is -0.629. The quantitative estimate of drug-likeness (QED) is 0.374. The van der Waals surface area contributed by atoms with Crippen LogP contribution in [-0.4, -0.2) is 52.3 Å². The van der Waals surface area contributed by atoms with E-state index in [4.69, 9.17) is 17.0 Å². The lowest BCUT2D eigenvalue weighted by Crippen LogP contribution is -2.42. The average molecular weight is 430 g/mol. The first-order chi connectivity index (χ1) is 13.7. The number of rotatable bonds is 8. The molecule has 1 saturated carbocycles. The van der Waals surface area contributed by atoms with E-state index >= 15 is 0 Å². The molecule has 1 amide bonds. The maximum atomic E-state index is 13.9. The van der Waals surface area contributed by atoms with Gasteiger partial charge in [-0.3, -0.25) is 4.79 Å². The zero-order chi connectivity index (χ0) is 21.6. The average Bonchev–Trinajstić information content (AvgIpc) is 2.67. The number of halogens is 3. The van der Waals surface area contributed by atoms with Crippen molar-refractivity contribution in [2.75, 3.05) is 11.9 Å². The summed E-state index contributed by atoms with van der Waals surface area (Å²) in [6, 6.07) is 1.55. The van der Waals surface area contributed by atoms with E-state index in [9.17, 15) is 18.8 Å². The van der Waals surface area contributed by atoms with E-state index in [2.05, 4.69) is 20.8 Å². The van der Waals surface area contributed by atoms with Crippen LogP contribution < -0.4 is 10.6 Å². The largest absolute Gasteiger partial charge is 0.387 e. The summed E-state index contributed by atoms with van der Waals surface area (Å²) >= 11 is 5.97. The highest BCUT2D eigenvalue weighted by molar-refractivity contribution is 6.30. The molecule has 1 aromatic heterocycles. The fraction of sp³-hybridized carbons (Fsp3) is 0.579. The summed E-state index contributed by atoms with van der Waals surface area (Å²) in [6.07, 6.45) is 3.34. The molecule has 2 rings (SSSR count). The molecule has 10 heteroatoms. The molecule has 0 spiro atoms. The van der Waals surface area contributed by atoms with E-state index in [1.807, 2.05) is 0 Å². The Morgan fingerprint density at radius 1 is 1.48 bits per heavy atom. The van der Waals surface area contributed by atoms with Crippen LogP contribution in [0.5, 0.6) is 0 Å². The van der Waals surface area contributed by atoms with Gasteiger partial charge in [-0.15, -0.1) is 0 Å². The predicted molar refractivity (Wildman–Crippen MR) is 109 cm³/mol. The highest BCUT2D eigenvalue weighted by Crippen LogP contribution is 2.29. The predicted octanol–water partition coefficient (Wildman–Crippen LogP) is 3.52. The van der Waals surface area contributed by atoms with E-state index in [0.29, 0.717) is 31.4 Å². The molecule has 0 saturated heterocycles. The van der Waals surface area contributed by atoms with Crippen LogP contribution in [0.1, 0.15) is 49.9 Å². The third-order valence-electron chi connectivity index (χ3n) is 5.07. The lowest BCUT2D eigenvalue weighted by molar-refractivity contribution is -0.00177. The Bertz CT molecular complexity index is 761. The second-order valence-electron chi connectivity index (χ2n) is 7.73. The van der Waals surface area contributed by atoms with Crippen molar-refractivity contribution in [2.45, 2.75) is 57.3 Å². The van der Waals surface area contributed by atoms with Crippen LogP contribution in [0, 0.1) is 11.3 Å². The third-order valence-corrected chi connectivity index (χ3v) is 5.28. The molecule has 1 aromatic rings. The fourth-order valence-corrected chi connectivity index (χ4v) is 3.38. The van der Waals surface area contributed by atoms with Crippen molar-refractivity contribution in [3.05, 3.63) is 23.0 Å². The van der Waals surface area contributed by atoms with Gasteiger partial charge in [-0.25, -0.2) is 9.37 Å². The molecule has 160 valence electrons. The normalized spacial score (nSPS) is 21.4. The Morgan fingerprint density at radius 2 is 2.14 bits per heavy atom. The van der Waals surface area contributed by atoms with E-state index in [1.54, 1.807) is 0 Å². The van der Waals surface area contributed by atoms with Gasteiger partial charge < -0.3 is 21.1 Å². The summed E-state index contributed by atoms with van der Waals surface area (Å²) in [5, 5.41) is 25.5. The minimum absolute atomic E-state index is 0.0214. The number of carbonyl (C=O) groups is 1. The smallest absolute Gasteiger partial charge is 0.255 e. The fourth-order valence-electron chi connectivity index (χ4n) is 3.22. The van der Waals surface area contributed by atoms with Crippen molar-refractivity contribution in [3.8, 4) is 0 Å². The number of alkyl halides is 1. The minimum Gasteiger partial charge on any atom is -0.387 e. The molecule has 0 aromatic carbocycles. The SMILES string of the molecule is CC(C)(O)C(F)CNC(=O)c1cnc(Cl)cc1NC1CCC(/C(C=N)=N/F)CC1. The number of nitrogens with zero attached hydrogens (tertiary/aromatic N) is 2. The molecule has 0 bridgehead atoms. The number of aromatic nitrogens is 1. The number of anilines is 1. The first-order valence-electron chi connectivity index (χ1n) is 9.41. The Morgan fingerprint density at radius 3 is 2.69 bits per heavy atom. The monoisotopic (exact) mass is 429 g/mol. The molecule has 4 N–H and O–H groups in total. The number of carbonyl (C=O) groups excluding carboxylic acids is 1. The molecule has 1 aliphatic carbocycles. The molecule has 1 unspecified atom stereocenters. The Labute approximate surface area is 173 Å². The Kier molecular flexibility index (Phi) is 8.04. The van der Waals surface area contributed by atoms with Crippen LogP contribution in [0.4, 0.5) is 14.6 Å². The number of pyridine rings is 1. The number of hydrogen-bond acceptors (Lipinski definition) is 6. The van der Waals surface area contributed by atoms with Gasteiger partial charge in [-0.05, 0) is 45.6 Å². The topological polar surface area (TPSA) is 110 Å². The van der Waals surface area contributed by atoms with Gasteiger partial charge in [0.1, 0.15) is 11.3 Å². The molecular weight excluding hydrogens is 404 g/mol. The van der Waals surface area contributed by atoms with Gasteiger partial charge in [0.2, 0.25) is 0 Å². The van der Waals surface area contributed by atoms with Crippen molar-refractivity contribution >= 4 is 35.1 Å². The molecular formula is C19H26ClF2N5O2. The number of amides is 1. The molecule has 0 aliphatic heterocycles. The van der Waals surface area contributed by atoms with Crippen LogP contribution >= 0.6 is 11.6 Å². The molecule has 1 fully saturated rings. The van der Waals surface area contributed by atoms with Crippen molar-refractivity contribution in [3.63, 3.8) is 0 Å². The summed E-state index contributed by atoms with van der Waals surface area (Å²) in [4.78, 5) is 16.4. The molecule has 7 nitrogen and oxygen atoms in total. The van der Waals surface area contributed by atoms with Crippen LogP contribution in [0.2, 0.25) is 5.15 Å². The second kappa shape index (κ2) is 10.1. The first-order valence-corrected chi connectivity index (χ1v) is 9.79. The van der Waals surface area contributed by atoms with Crippen LogP contribution in [-0.2, 0) is 0 Å². The van der Waals surface area contributed by atoms with Crippen LogP contribution in [0.15, 0.2) is 17.5 Å². The van der Waals surface area contributed by atoms with Crippen molar-refractivity contribution in [1.29, 1.82) is 5.41 Å². The first kappa shape index (κ1) is 23.2. The van der Waals surface area contributed by atoms with Gasteiger partial charge in [0, 0.05) is 24.4 Å². The Hall–Kier alpha value is -2.13. The van der Waals surface area contributed by atoms with Crippen molar-refractivity contribution in [2.24, 2.45) is 11.1 Å². The highest BCUT2D eigenvalue weighted by Gasteiger charge is 2.28. The summed E-state index contributed by atoms with van der Waals surface area (Å²) in [7, 11) is 0. The lowest BCUT2D eigenvalue weighted by atomic mass is 9.83. The van der Waals surface area contributed by atoms with Gasteiger partial charge in [0.25, 0.3) is 5.91 Å². The lowest BCUT2D eigenvalue weighted by Gasteiger charge is -2.29. The molecule has 1 heterocycles. The molecule has 0 radical (unpaired) electrons. The van der Waals surface area contributed by atoms with Crippen molar-refractivity contribution in [1.82, 2.24) is 10.3 Å². The van der Waals surface area contributed by atoms with Gasteiger partial charge in [-0.1, -0.05) is 21.3 Å². The maximum Gasteiger partial charge on any atom is 0.255 e. The van der Waals surface area contributed by atoms with Crippen LogP contribution in [0.25, 0.3) is 0 Å². The highest BCUT2D eigenvalue weighted by atomic mass is 35.5. The van der Waals surface area contributed by atoms with Gasteiger partial charge in [-0.2, -0.15) is 0 Å². The second-order valence-corrected chi connectivity index (χ2v) is 8.12. The summed E-state index contributed by atoms with van der Waals surface area (Å²) < 4.78 is 26.5. The third kappa shape index (κ3) is 6.43. The standard InChI is InChI=1S/C19H26ClF2N5O2/c1-19(2,29)16(21)10-25-18(28)13-9-24-17(20)7-14(13)26-12-5-3-11(4-6-12)15(8-23)27-22/h7-9,11-12,16,23,29H,3-6,10H2,1-2H3,(H,24,26)(H,25,28)/b23-8?,27-15+. The molecule has 1 aliphatic rings. The molecule has 29 heavy (non-hydrogen) atoms. The summed E-state index contributed by atoms with van der Waals surface area (Å²) in [5.41, 5.74) is -0.743. The zero-order valence-electron chi connectivity index (χ0n) is 16.4. The minimum atomic E-state index is -1.63. The maximum absolute atomic E-state index is 13.9. The van der Waals surface area contributed by atoms with E-state index in [0.717, 1.165) is 6.21 Å². The number of aliphatic hydroxyl groups is 1. The number of hydrogen-bond donors (Lipinski definition) is 4. The van der Waals surface area contributed by atoms with Crippen molar-refractivity contribution < 1.29 is 18.8 Å². The summed E-state index contributed by atoms with van der Waals surface area (Å²) in [6.45, 7) is 2.31. The zero-order valence-corrected chi connectivity index (χ0v) is 17.1. The molecule has 1 atom stereocenters. The van der Waals surface area contributed by atoms with Gasteiger partial charge >= 0.3 is 0 Å².